The zero-order chi connectivity index (χ0) is 52.9. The second-order valence-corrected chi connectivity index (χ2v) is 22.8. The van der Waals surface area contributed by atoms with Crippen LogP contribution < -0.4 is 5.32 Å². The zero-order valence-electron chi connectivity index (χ0n) is 49.4. The Morgan fingerprint density at radius 2 is 0.644 bits per heavy atom. The second-order valence-electron chi connectivity index (χ2n) is 22.8. The third kappa shape index (κ3) is 59.4. The lowest BCUT2D eigenvalue weighted by Gasteiger charge is -2.20. The molecule has 6 nitrogen and oxygen atoms in total. The third-order valence-corrected chi connectivity index (χ3v) is 15.5. The van der Waals surface area contributed by atoms with Crippen LogP contribution in [-0.4, -0.2) is 47.4 Å². The number of hydrogen-bond acceptors (Lipinski definition) is 5. The molecule has 0 aliphatic carbocycles. The van der Waals surface area contributed by atoms with Crippen LogP contribution in [0.15, 0.2) is 24.3 Å². The van der Waals surface area contributed by atoms with Gasteiger partial charge in [-0.15, -0.1) is 0 Å². The van der Waals surface area contributed by atoms with Gasteiger partial charge in [0.2, 0.25) is 5.91 Å². The quantitative estimate of drug-likeness (QED) is 0.0320. The van der Waals surface area contributed by atoms with Crippen LogP contribution in [0.1, 0.15) is 367 Å². The van der Waals surface area contributed by atoms with Crippen molar-refractivity contribution in [3.63, 3.8) is 0 Å². The Morgan fingerprint density at radius 3 is 0.973 bits per heavy atom. The summed E-state index contributed by atoms with van der Waals surface area (Å²) < 4.78 is 5.51. The molecule has 1 amide bonds. The molecule has 0 fully saturated rings. The van der Waals surface area contributed by atoms with Gasteiger partial charge in [0.15, 0.2) is 0 Å². The maximum absolute atomic E-state index is 12.4. The number of rotatable bonds is 62. The maximum atomic E-state index is 12.4. The summed E-state index contributed by atoms with van der Waals surface area (Å²) in [4.78, 5) is 24.5. The standard InChI is InChI=1S/C67H129NO5/c1-3-5-7-9-11-13-15-17-18-19-27-31-34-37-41-45-49-53-57-61-67(72)73-62-58-54-50-46-42-38-35-32-29-26-24-22-20-21-23-25-28-30-33-36-40-44-48-52-56-60-66(71)68-64(63-69)65(70)59-55-51-47-43-39-16-14-12-10-8-6-4-2/h21,23,55,59,64-65,69-70H,3-20,22,24-54,56-58,60-63H2,1-2H3,(H,68,71)/b23-21-,59-55+. The molecule has 0 aliphatic rings. The monoisotopic (exact) mass is 1030 g/mol. The molecule has 3 N–H and O–H groups in total. The van der Waals surface area contributed by atoms with Crippen LogP contribution in [0.3, 0.4) is 0 Å². The van der Waals surface area contributed by atoms with Crippen molar-refractivity contribution < 1.29 is 24.5 Å². The van der Waals surface area contributed by atoms with Gasteiger partial charge in [-0.25, -0.2) is 0 Å². The lowest BCUT2D eigenvalue weighted by atomic mass is 10.0. The Bertz CT molecular complexity index is 1140. The molecule has 0 aromatic rings. The Morgan fingerprint density at radius 1 is 0.370 bits per heavy atom. The summed E-state index contributed by atoms with van der Waals surface area (Å²) >= 11 is 0. The zero-order valence-corrected chi connectivity index (χ0v) is 49.4. The highest BCUT2D eigenvalue weighted by atomic mass is 16.5. The van der Waals surface area contributed by atoms with Gasteiger partial charge in [-0.2, -0.15) is 0 Å². The Balaban J connectivity index is 3.37. The van der Waals surface area contributed by atoms with E-state index in [0.717, 1.165) is 38.5 Å². The van der Waals surface area contributed by atoms with E-state index < -0.39 is 12.1 Å². The summed E-state index contributed by atoms with van der Waals surface area (Å²) in [5.41, 5.74) is 0. The molecule has 6 heteroatoms. The first-order valence-electron chi connectivity index (χ1n) is 33.1. The summed E-state index contributed by atoms with van der Waals surface area (Å²) in [6.45, 7) is 4.92. The molecule has 0 aromatic heterocycles. The molecule has 432 valence electrons. The topological polar surface area (TPSA) is 95.9 Å². The molecular formula is C67H129NO5. The van der Waals surface area contributed by atoms with E-state index in [2.05, 4.69) is 31.3 Å². The molecule has 73 heavy (non-hydrogen) atoms. The number of carbonyl (C=O) groups excluding carboxylic acids is 2. The molecule has 0 saturated carbocycles. The fraction of sp³-hybridized carbons (Fsp3) is 0.910. The van der Waals surface area contributed by atoms with Crippen LogP contribution in [0.25, 0.3) is 0 Å². The maximum Gasteiger partial charge on any atom is 0.305 e. The van der Waals surface area contributed by atoms with Crippen molar-refractivity contribution in [1.82, 2.24) is 5.32 Å². The van der Waals surface area contributed by atoms with Crippen LogP contribution in [0.2, 0.25) is 0 Å². The fourth-order valence-electron chi connectivity index (χ4n) is 10.4. The van der Waals surface area contributed by atoms with E-state index in [9.17, 15) is 19.8 Å². The Labute approximate surface area is 456 Å². The van der Waals surface area contributed by atoms with Gasteiger partial charge in [-0.3, -0.25) is 9.59 Å². The molecule has 0 heterocycles. The van der Waals surface area contributed by atoms with E-state index in [0.29, 0.717) is 19.4 Å². The first-order chi connectivity index (χ1) is 36.0. The normalized spacial score (nSPS) is 12.7. The molecule has 0 rings (SSSR count). The average molecular weight is 1030 g/mol. The number of ether oxygens (including phenoxy) is 1. The summed E-state index contributed by atoms with van der Waals surface area (Å²) in [7, 11) is 0. The minimum absolute atomic E-state index is 0.0182. The summed E-state index contributed by atoms with van der Waals surface area (Å²) in [6, 6.07) is -0.629. The number of carbonyl (C=O) groups is 2. The first kappa shape index (κ1) is 71.3. The van der Waals surface area contributed by atoms with Gasteiger partial charge in [0, 0.05) is 12.8 Å². The number of unbranched alkanes of at least 4 members (excludes halogenated alkanes) is 49. The number of hydrogen-bond donors (Lipinski definition) is 3. The third-order valence-electron chi connectivity index (χ3n) is 15.5. The van der Waals surface area contributed by atoms with E-state index in [-0.39, 0.29) is 18.5 Å². The van der Waals surface area contributed by atoms with E-state index in [1.165, 1.54) is 302 Å². The van der Waals surface area contributed by atoms with E-state index in [1.807, 2.05) is 6.08 Å². The smallest absolute Gasteiger partial charge is 0.305 e. The second kappa shape index (κ2) is 62.9. The summed E-state index contributed by atoms with van der Waals surface area (Å²) in [6.07, 6.45) is 78.1. The Hall–Kier alpha value is -1.66. The van der Waals surface area contributed by atoms with Gasteiger partial charge < -0.3 is 20.3 Å². The molecule has 0 saturated heterocycles. The average Bonchev–Trinajstić information content (AvgIpc) is 3.39. The van der Waals surface area contributed by atoms with Crippen LogP contribution in [0.5, 0.6) is 0 Å². The van der Waals surface area contributed by atoms with Gasteiger partial charge in [-0.05, 0) is 57.8 Å². The number of nitrogens with one attached hydrogen (secondary N) is 1. The highest BCUT2D eigenvalue weighted by Gasteiger charge is 2.18. The molecule has 0 aliphatic heterocycles. The van der Waals surface area contributed by atoms with E-state index in [1.54, 1.807) is 6.08 Å². The lowest BCUT2D eigenvalue weighted by molar-refractivity contribution is -0.143. The predicted molar refractivity (Wildman–Crippen MR) is 320 cm³/mol. The van der Waals surface area contributed by atoms with Crippen LogP contribution in [0.4, 0.5) is 0 Å². The van der Waals surface area contributed by atoms with Gasteiger partial charge in [-0.1, -0.05) is 321 Å². The van der Waals surface area contributed by atoms with Crippen molar-refractivity contribution in [2.24, 2.45) is 0 Å². The van der Waals surface area contributed by atoms with Gasteiger partial charge >= 0.3 is 5.97 Å². The largest absolute Gasteiger partial charge is 0.466 e. The fourth-order valence-corrected chi connectivity index (χ4v) is 10.4. The lowest BCUT2D eigenvalue weighted by Crippen LogP contribution is -2.45. The molecule has 0 radical (unpaired) electrons. The molecule has 2 atom stereocenters. The number of amides is 1. The highest BCUT2D eigenvalue weighted by molar-refractivity contribution is 5.76. The van der Waals surface area contributed by atoms with E-state index in [4.69, 9.17) is 4.74 Å². The molecule has 0 spiro atoms. The molecule has 0 bridgehead atoms. The summed E-state index contributed by atoms with van der Waals surface area (Å²) in [5.74, 6) is -0.0523. The molecule has 0 aromatic carbocycles. The van der Waals surface area contributed by atoms with Crippen molar-refractivity contribution in [2.45, 2.75) is 379 Å². The van der Waals surface area contributed by atoms with Crippen LogP contribution in [-0.2, 0) is 14.3 Å². The SMILES string of the molecule is CCCCCCCCCCCC/C=C/C(O)C(CO)NC(=O)CCCCCCCCCCC/C=C\CCCCCCCCCCCCCCOC(=O)CCCCCCCCCCCCCCCCCCCCC. The number of aliphatic hydroxyl groups is 2. The van der Waals surface area contributed by atoms with Crippen molar-refractivity contribution in [3.05, 3.63) is 24.3 Å². The van der Waals surface area contributed by atoms with Crippen LogP contribution >= 0.6 is 0 Å². The molecule has 2 unspecified atom stereocenters. The number of allylic oxidation sites excluding steroid dienone is 3. The highest BCUT2D eigenvalue weighted by Crippen LogP contribution is 2.18. The minimum atomic E-state index is -0.845. The van der Waals surface area contributed by atoms with Gasteiger partial charge in [0.1, 0.15) is 0 Å². The van der Waals surface area contributed by atoms with Crippen molar-refractivity contribution in [2.75, 3.05) is 13.2 Å². The Kier molecular flexibility index (Phi) is 61.4. The number of aliphatic hydroxyl groups excluding tert-OH is 2. The van der Waals surface area contributed by atoms with Crippen LogP contribution in [0, 0.1) is 0 Å². The van der Waals surface area contributed by atoms with Gasteiger partial charge in [0.05, 0.1) is 25.4 Å². The summed E-state index contributed by atoms with van der Waals surface area (Å²) in [5, 5.41) is 23.1. The van der Waals surface area contributed by atoms with Gasteiger partial charge in [0.25, 0.3) is 0 Å². The minimum Gasteiger partial charge on any atom is -0.466 e. The first-order valence-corrected chi connectivity index (χ1v) is 33.1. The van der Waals surface area contributed by atoms with Crippen molar-refractivity contribution >= 4 is 11.9 Å². The van der Waals surface area contributed by atoms with E-state index >= 15 is 0 Å². The number of esters is 1. The van der Waals surface area contributed by atoms with Crippen molar-refractivity contribution in [1.29, 1.82) is 0 Å². The van der Waals surface area contributed by atoms with Crippen molar-refractivity contribution in [3.8, 4) is 0 Å². The molecular weight excluding hydrogens is 899 g/mol. The predicted octanol–water partition coefficient (Wildman–Crippen LogP) is 21.0.